The van der Waals surface area contributed by atoms with Crippen molar-refractivity contribution in [1.82, 2.24) is 4.57 Å². The zero-order valence-corrected chi connectivity index (χ0v) is 11.6. The lowest BCUT2D eigenvalue weighted by molar-refractivity contribution is 0.0998. The highest BCUT2D eigenvalue weighted by molar-refractivity contribution is 7.84. The fourth-order valence-corrected chi connectivity index (χ4v) is 2.62. The third-order valence-corrected chi connectivity index (χ3v) is 4.17. The van der Waals surface area contributed by atoms with Gasteiger partial charge in [0, 0.05) is 46.1 Å². The summed E-state index contributed by atoms with van der Waals surface area (Å²) in [6.07, 6.45) is 3.45. The summed E-state index contributed by atoms with van der Waals surface area (Å²) in [5.74, 6) is -0.290. The number of carbonyl (C=O) groups is 1. The molecule has 0 aliphatic heterocycles. The second-order valence-corrected chi connectivity index (χ2v) is 5.94. The van der Waals surface area contributed by atoms with Crippen LogP contribution in [0.1, 0.15) is 10.4 Å². The van der Waals surface area contributed by atoms with Gasteiger partial charge in [-0.05, 0) is 24.3 Å². The Bertz CT molecular complexity index is 653. The van der Waals surface area contributed by atoms with Crippen molar-refractivity contribution in [2.45, 2.75) is 4.90 Å². The monoisotopic (exact) mass is 280 g/mol. The van der Waals surface area contributed by atoms with E-state index in [1.54, 1.807) is 35.1 Å². The highest BCUT2D eigenvalue weighted by Crippen LogP contribution is 2.08. The average Bonchev–Trinajstić information content (AvgIpc) is 2.75. The summed E-state index contributed by atoms with van der Waals surface area (Å²) in [6.45, 7) is 0. The molecular weight excluding hydrogens is 268 g/mol. The first-order valence-electron chi connectivity index (χ1n) is 5.20. The summed E-state index contributed by atoms with van der Waals surface area (Å²) >= 11 is 1.41. The first-order chi connectivity index (χ1) is 8.58. The number of hydrogen-bond acceptors (Lipinski definition) is 3. The number of benzene rings is 1. The molecule has 0 bridgehead atoms. The van der Waals surface area contributed by atoms with Crippen LogP contribution in [0.2, 0.25) is 0 Å². The lowest BCUT2D eigenvalue weighted by atomic mass is 10.2. The maximum atomic E-state index is 11.9. The van der Waals surface area contributed by atoms with Crippen LogP contribution in [0.15, 0.2) is 45.7 Å². The zero-order chi connectivity index (χ0) is 13.1. The van der Waals surface area contributed by atoms with Crippen molar-refractivity contribution in [2.24, 2.45) is 12.0 Å². The van der Waals surface area contributed by atoms with Crippen LogP contribution in [0.25, 0.3) is 0 Å². The van der Waals surface area contributed by atoms with E-state index in [1.165, 1.54) is 11.3 Å². The van der Waals surface area contributed by atoms with Gasteiger partial charge in [0.25, 0.3) is 5.91 Å². The van der Waals surface area contributed by atoms with Crippen LogP contribution in [0.3, 0.4) is 0 Å². The van der Waals surface area contributed by atoms with Gasteiger partial charge in [0.2, 0.25) is 0 Å². The molecule has 0 aliphatic carbocycles. The molecule has 94 valence electrons. The molecule has 1 aromatic heterocycles. The Morgan fingerprint density at radius 1 is 1.33 bits per heavy atom. The fourth-order valence-electron chi connectivity index (χ4n) is 1.38. The van der Waals surface area contributed by atoms with E-state index in [1.807, 2.05) is 18.6 Å². The largest absolute Gasteiger partial charge is 0.327 e. The topological polar surface area (TPSA) is 51.4 Å². The molecule has 1 unspecified atom stereocenters. The summed E-state index contributed by atoms with van der Waals surface area (Å²) in [7, 11) is 0.810. The summed E-state index contributed by atoms with van der Waals surface area (Å²) < 4.78 is 13.0. The quantitative estimate of drug-likeness (QED) is 0.838. The SMILES string of the molecule is Cn1ccsc1=NC(=O)c1ccc(S(C)=O)cc1. The van der Waals surface area contributed by atoms with E-state index < -0.39 is 10.8 Å². The van der Waals surface area contributed by atoms with E-state index in [2.05, 4.69) is 4.99 Å². The Hall–Kier alpha value is -1.53. The number of thiazole rings is 1. The minimum absolute atomic E-state index is 0.290. The van der Waals surface area contributed by atoms with Gasteiger partial charge in [0.05, 0.1) is 0 Å². The van der Waals surface area contributed by atoms with E-state index in [4.69, 9.17) is 0 Å². The Balaban J connectivity index is 2.30. The number of amides is 1. The van der Waals surface area contributed by atoms with Crippen molar-refractivity contribution in [2.75, 3.05) is 6.26 Å². The Morgan fingerprint density at radius 2 is 2.00 bits per heavy atom. The third-order valence-electron chi connectivity index (χ3n) is 2.39. The van der Waals surface area contributed by atoms with E-state index in [9.17, 15) is 9.00 Å². The normalized spacial score (nSPS) is 13.6. The van der Waals surface area contributed by atoms with Gasteiger partial charge in [-0.1, -0.05) is 0 Å². The maximum absolute atomic E-state index is 11.9. The standard InChI is InChI=1S/C12H12N2O2S2/c1-14-7-8-17-12(14)13-11(15)9-3-5-10(6-4-9)18(2)16/h3-8H,1-2H3. The van der Waals surface area contributed by atoms with Gasteiger partial charge >= 0.3 is 0 Å². The van der Waals surface area contributed by atoms with Gasteiger partial charge in [-0.25, -0.2) is 0 Å². The van der Waals surface area contributed by atoms with E-state index >= 15 is 0 Å². The van der Waals surface area contributed by atoms with E-state index in [0.29, 0.717) is 15.3 Å². The van der Waals surface area contributed by atoms with Crippen LogP contribution in [-0.2, 0) is 17.8 Å². The third kappa shape index (κ3) is 2.83. The van der Waals surface area contributed by atoms with Crippen LogP contribution in [0.5, 0.6) is 0 Å². The number of nitrogens with zero attached hydrogens (tertiary/aromatic N) is 2. The molecule has 0 radical (unpaired) electrons. The van der Waals surface area contributed by atoms with Gasteiger partial charge in [0.15, 0.2) is 4.80 Å². The van der Waals surface area contributed by atoms with Crippen molar-refractivity contribution in [3.05, 3.63) is 46.2 Å². The van der Waals surface area contributed by atoms with Crippen molar-refractivity contribution < 1.29 is 9.00 Å². The molecule has 1 aromatic carbocycles. The van der Waals surface area contributed by atoms with E-state index in [0.717, 1.165) is 0 Å². The maximum Gasteiger partial charge on any atom is 0.279 e. The van der Waals surface area contributed by atoms with Gasteiger partial charge in [0.1, 0.15) is 0 Å². The van der Waals surface area contributed by atoms with Crippen LogP contribution >= 0.6 is 11.3 Å². The molecule has 0 aliphatic rings. The lowest BCUT2D eigenvalue weighted by Gasteiger charge is -1.98. The second kappa shape index (κ2) is 5.41. The molecule has 1 amide bonds. The zero-order valence-electron chi connectivity index (χ0n) is 9.99. The highest BCUT2D eigenvalue weighted by atomic mass is 32.2. The number of aryl methyl sites for hydroxylation is 1. The van der Waals surface area contributed by atoms with Crippen LogP contribution in [0, 0.1) is 0 Å². The van der Waals surface area contributed by atoms with Gasteiger partial charge < -0.3 is 4.57 Å². The van der Waals surface area contributed by atoms with Crippen molar-refractivity contribution in [3.63, 3.8) is 0 Å². The lowest BCUT2D eigenvalue weighted by Crippen LogP contribution is -2.12. The number of carbonyl (C=O) groups excluding carboxylic acids is 1. The van der Waals surface area contributed by atoms with Crippen LogP contribution in [-0.4, -0.2) is 20.9 Å². The molecule has 2 rings (SSSR count). The van der Waals surface area contributed by atoms with Crippen molar-refractivity contribution >= 4 is 28.0 Å². The summed E-state index contributed by atoms with van der Waals surface area (Å²) in [5.41, 5.74) is 0.498. The van der Waals surface area contributed by atoms with Gasteiger partial charge in [-0.3, -0.25) is 9.00 Å². The summed E-state index contributed by atoms with van der Waals surface area (Å²) in [4.78, 5) is 17.3. The molecule has 18 heavy (non-hydrogen) atoms. The second-order valence-electron chi connectivity index (χ2n) is 3.69. The minimum atomic E-state index is -1.03. The Labute approximate surface area is 111 Å². The number of aromatic nitrogens is 1. The van der Waals surface area contributed by atoms with E-state index in [-0.39, 0.29) is 5.91 Å². The van der Waals surface area contributed by atoms with Crippen molar-refractivity contribution in [3.8, 4) is 0 Å². The fraction of sp³-hybridized carbons (Fsp3) is 0.167. The van der Waals surface area contributed by atoms with Crippen molar-refractivity contribution in [1.29, 1.82) is 0 Å². The molecule has 1 heterocycles. The highest BCUT2D eigenvalue weighted by Gasteiger charge is 2.05. The van der Waals surface area contributed by atoms with Crippen LogP contribution < -0.4 is 4.80 Å². The van der Waals surface area contributed by atoms with Gasteiger partial charge in [-0.15, -0.1) is 11.3 Å². The molecule has 0 N–H and O–H groups in total. The first-order valence-corrected chi connectivity index (χ1v) is 7.64. The van der Waals surface area contributed by atoms with Crippen LogP contribution in [0.4, 0.5) is 0 Å². The molecule has 1 atom stereocenters. The van der Waals surface area contributed by atoms with Gasteiger partial charge in [-0.2, -0.15) is 4.99 Å². The summed E-state index contributed by atoms with van der Waals surface area (Å²) in [5, 5.41) is 1.87. The number of rotatable bonds is 2. The molecule has 2 aromatic rings. The number of hydrogen-bond donors (Lipinski definition) is 0. The predicted molar refractivity (Wildman–Crippen MR) is 72.0 cm³/mol. The Kier molecular flexibility index (Phi) is 3.88. The molecule has 0 spiro atoms. The predicted octanol–water partition coefficient (Wildman–Crippen LogP) is 1.57. The molecule has 0 saturated heterocycles. The minimum Gasteiger partial charge on any atom is -0.327 e. The molecule has 4 nitrogen and oxygen atoms in total. The molecular formula is C12H12N2O2S2. The first kappa shape index (κ1) is 12.9. The molecule has 6 heteroatoms. The average molecular weight is 280 g/mol. The molecule has 0 saturated carbocycles. The summed E-state index contributed by atoms with van der Waals surface area (Å²) in [6, 6.07) is 6.67. The Morgan fingerprint density at radius 3 is 2.50 bits per heavy atom. The smallest absolute Gasteiger partial charge is 0.279 e. The molecule has 0 fully saturated rings.